The largest absolute Gasteiger partial charge is 0.480 e. The standard InChI is InChI=1S/C24H35N5O6S/c1-12(2)8-18(27-21(31)16(25)11-36)22(32)29-20(13(3)30)23(33)28-19(24(34)35)9-14-10-26-17-7-5-4-6-15(14)17/h4-7,10,12-13,16,18-20,26,30,36H,8-9,11,25H2,1-3H3,(H,27,31)(H,28,33)(H,29,32)(H,34,35). The average molecular weight is 522 g/mol. The highest BCUT2D eigenvalue weighted by Gasteiger charge is 2.33. The topological polar surface area (TPSA) is 187 Å². The van der Waals surface area contributed by atoms with E-state index < -0.39 is 54.0 Å². The van der Waals surface area contributed by atoms with E-state index in [1.54, 1.807) is 6.20 Å². The van der Waals surface area contributed by atoms with Crippen molar-refractivity contribution in [1.29, 1.82) is 0 Å². The number of thiol groups is 1. The van der Waals surface area contributed by atoms with Crippen LogP contribution in [0, 0.1) is 5.92 Å². The molecule has 0 aliphatic carbocycles. The van der Waals surface area contributed by atoms with Crippen LogP contribution in [0.3, 0.4) is 0 Å². The van der Waals surface area contributed by atoms with Crippen molar-refractivity contribution < 1.29 is 29.4 Å². The number of aliphatic hydroxyl groups excluding tert-OH is 1. The first kappa shape index (κ1) is 29.1. The minimum Gasteiger partial charge on any atom is -0.480 e. The number of aliphatic carboxylic acids is 1. The van der Waals surface area contributed by atoms with Crippen LogP contribution in [0.1, 0.15) is 32.8 Å². The predicted octanol–water partition coefficient (Wildman–Crippen LogP) is -0.0666. The Kier molecular flexibility index (Phi) is 10.8. The van der Waals surface area contributed by atoms with E-state index >= 15 is 0 Å². The molecule has 0 spiro atoms. The second kappa shape index (κ2) is 13.3. The number of hydrogen-bond acceptors (Lipinski definition) is 7. The van der Waals surface area contributed by atoms with Crippen LogP contribution in [0.5, 0.6) is 0 Å². The van der Waals surface area contributed by atoms with Gasteiger partial charge in [-0.15, -0.1) is 0 Å². The number of nitrogens with two attached hydrogens (primary N) is 1. The summed E-state index contributed by atoms with van der Waals surface area (Å²) >= 11 is 3.99. The summed E-state index contributed by atoms with van der Waals surface area (Å²) < 4.78 is 0. The molecule has 3 amide bonds. The molecule has 0 radical (unpaired) electrons. The lowest BCUT2D eigenvalue weighted by Gasteiger charge is -2.27. The lowest BCUT2D eigenvalue weighted by molar-refractivity contribution is -0.143. The van der Waals surface area contributed by atoms with Crippen LogP contribution in [0.4, 0.5) is 0 Å². The van der Waals surface area contributed by atoms with E-state index in [1.165, 1.54) is 6.92 Å². The fraction of sp³-hybridized carbons (Fsp3) is 0.500. The van der Waals surface area contributed by atoms with E-state index in [0.717, 1.165) is 10.9 Å². The Bertz CT molecular complexity index is 1070. The first-order valence-electron chi connectivity index (χ1n) is 11.7. The van der Waals surface area contributed by atoms with Gasteiger partial charge in [-0.25, -0.2) is 4.79 Å². The number of hydrogen-bond donors (Lipinski definition) is 8. The Morgan fingerprint density at radius 3 is 2.22 bits per heavy atom. The first-order chi connectivity index (χ1) is 16.9. The molecule has 1 aromatic heterocycles. The molecule has 0 saturated carbocycles. The molecule has 5 atom stereocenters. The minimum absolute atomic E-state index is 0.0136. The van der Waals surface area contributed by atoms with E-state index in [-0.39, 0.29) is 24.5 Å². The van der Waals surface area contributed by atoms with Crippen LogP contribution in [0.15, 0.2) is 30.5 Å². The molecule has 0 fully saturated rings. The Morgan fingerprint density at radius 1 is 1.00 bits per heavy atom. The molecule has 5 unspecified atom stereocenters. The van der Waals surface area contributed by atoms with Gasteiger partial charge in [0.05, 0.1) is 12.1 Å². The van der Waals surface area contributed by atoms with Crippen LogP contribution >= 0.6 is 12.6 Å². The van der Waals surface area contributed by atoms with Crippen molar-refractivity contribution >= 4 is 47.2 Å². The number of fused-ring (bicyclic) bond motifs is 1. The molecule has 198 valence electrons. The van der Waals surface area contributed by atoms with E-state index in [0.29, 0.717) is 5.56 Å². The number of H-pyrrole nitrogens is 1. The van der Waals surface area contributed by atoms with Crippen LogP contribution in [-0.2, 0) is 25.6 Å². The number of nitrogens with one attached hydrogen (secondary N) is 4. The van der Waals surface area contributed by atoms with Gasteiger partial charge >= 0.3 is 5.97 Å². The fourth-order valence-electron chi connectivity index (χ4n) is 3.71. The number of carboxylic acid groups (broad SMARTS) is 1. The molecule has 12 heteroatoms. The molecule has 0 aliphatic rings. The highest BCUT2D eigenvalue weighted by molar-refractivity contribution is 7.80. The zero-order valence-corrected chi connectivity index (χ0v) is 21.4. The van der Waals surface area contributed by atoms with Gasteiger partial charge in [0.2, 0.25) is 17.7 Å². The number of carbonyl (C=O) groups excluding carboxylic acids is 3. The van der Waals surface area contributed by atoms with Crippen molar-refractivity contribution in [3.05, 3.63) is 36.0 Å². The summed E-state index contributed by atoms with van der Waals surface area (Å²) in [6.45, 7) is 5.00. The first-order valence-corrected chi connectivity index (χ1v) is 12.3. The van der Waals surface area contributed by atoms with Crippen molar-refractivity contribution in [2.24, 2.45) is 11.7 Å². The summed E-state index contributed by atoms with van der Waals surface area (Å²) in [4.78, 5) is 53.1. The number of benzene rings is 1. The van der Waals surface area contributed by atoms with Crippen LogP contribution in [-0.4, -0.2) is 74.9 Å². The van der Waals surface area contributed by atoms with Gasteiger partial charge in [-0.1, -0.05) is 32.0 Å². The molecule has 36 heavy (non-hydrogen) atoms. The quantitative estimate of drug-likeness (QED) is 0.169. The SMILES string of the molecule is CC(C)CC(NC(=O)C(N)CS)C(=O)NC(C(=O)NC(Cc1c[nH]c2ccccc12)C(=O)O)C(C)O. The van der Waals surface area contributed by atoms with E-state index in [1.807, 2.05) is 38.1 Å². The third-order valence-electron chi connectivity index (χ3n) is 5.65. The van der Waals surface area contributed by atoms with Crippen molar-refractivity contribution in [3.8, 4) is 0 Å². The highest BCUT2D eigenvalue weighted by Crippen LogP contribution is 2.19. The maximum Gasteiger partial charge on any atom is 0.326 e. The summed E-state index contributed by atoms with van der Waals surface area (Å²) in [5, 5.41) is 28.2. The molecule has 0 aliphatic heterocycles. The Hall–Kier alpha value is -3.09. The van der Waals surface area contributed by atoms with Gasteiger partial charge in [0.25, 0.3) is 0 Å². The van der Waals surface area contributed by atoms with Gasteiger partial charge < -0.3 is 36.9 Å². The molecule has 2 rings (SSSR count). The van der Waals surface area contributed by atoms with Crippen molar-refractivity contribution in [3.63, 3.8) is 0 Å². The average Bonchev–Trinajstić information content (AvgIpc) is 3.22. The molecule has 2 aromatic rings. The summed E-state index contributed by atoms with van der Waals surface area (Å²) in [6, 6.07) is 2.65. The van der Waals surface area contributed by atoms with Gasteiger partial charge in [-0.2, -0.15) is 12.6 Å². The van der Waals surface area contributed by atoms with Gasteiger partial charge in [0.1, 0.15) is 18.1 Å². The van der Waals surface area contributed by atoms with E-state index in [9.17, 15) is 29.4 Å². The molecule has 1 aromatic carbocycles. The number of rotatable bonds is 13. The maximum absolute atomic E-state index is 13.0. The van der Waals surface area contributed by atoms with E-state index in [4.69, 9.17) is 5.73 Å². The number of para-hydroxylation sites is 1. The minimum atomic E-state index is -1.45. The zero-order valence-electron chi connectivity index (χ0n) is 20.5. The van der Waals surface area contributed by atoms with Gasteiger partial charge in [0, 0.05) is 29.3 Å². The lowest BCUT2D eigenvalue weighted by Crippen LogP contribution is -2.60. The highest BCUT2D eigenvalue weighted by atomic mass is 32.1. The van der Waals surface area contributed by atoms with Crippen molar-refractivity contribution in [2.45, 2.75) is 63.9 Å². The van der Waals surface area contributed by atoms with Crippen LogP contribution in [0.2, 0.25) is 0 Å². The number of amides is 3. The number of carbonyl (C=O) groups is 4. The summed E-state index contributed by atoms with van der Waals surface area (Å²) in [7, 11) is 0. The molecule has 11 nitrogen and oxygen atoms in total. The molecule has 0 bridgehead atoms. The van der Waals surface area contributed by atoms with Gasteiger partial charge in [0.15, 0.2) is 0 Å². The predicted molar refractivity (Wildman–Crippen MR) is 138 cm³/mol. The molecule has 1 heterocycles. The summed E-state index contributed by atoms with van der Waals surface area (Å²) in [5.74, 6) is -3.32. The summed E-state index contributed by atoms with van der Waals surface area (Å²) in [6.07, 6.45) is 0.574. The lowest BCUT2D eigenvalue weighted by atomic mass is 10.0. The zero-order chi connectivity index (χ0) is 27.0. The molecular formula is C24H35N5O6S. The van der Waals surface area contributed by atoms with Crippen molar-refractivity contribution in [1.82, 2.24) is 20.9 Å². The maximum atomic E-state index is 13.0. The van der Waals surface area contributed by atoms with Crippen LogP contribution in [0.25, 0.3) is 10.9 Å². The third-order valence-corrected chi connectivity index (χ3v) is 6.04. The second-order valence-electron chi connectivity index (χ2n) is 9.17. The normalized spacial score (nSPS) is 15.5. The van der Waals surface area contributed by atoms with E-state index in [2.05, 4.69) is 33.6 Å². The summed E-state index contributed by atoms with van der Waals surface area (Å²) in [5.41, 5.74) is 7.20. The van der Waals surface area contributed by atoms with Crippen molar-refractivity contribution in [2.75, 3.05) is 5.75 Å². The monoisotopic (exact) mass is 521 g/mol. The number of aromatic amines is 1. The second-order valence-corrected chi connectivity index (χ2v) is 9.53. The molecular weight excluding hydrogens is 486 g/mol. The van der Waals surface area contributed by atoms with Gasteiger partial charge in [-0.3, -0.25) is 14.4 Å². The number of aromatic nitrogens is 1. The van der Waals surface area contributed by atoms with Gasteiger partial charge in [-0.05, 0) is 30.9 Å². The number of carboxylic acids is 1. The smallest absolute Gasteiger partial charge is 0.326 e. The Balaban J connectivity index is 2.15. The molecule has 8 N–H and O–H groups in total. The third kappa shape index (κ3) is 7.97. The molecule has 0 saturated heterocycles. The van der Waals surface area contributed by atoms with Crippen LogP contribution < -0.4 is 21.7 Å². The Morgan fingerprint density at radius 2 is 1.64 bits per heavy atom. The fourth-order valence-corrected chi connectivity index (χ4v) is 3.87. The number of aliphatic hydroxyl groups is 1. The Labute approximate surface area is 215 Å².